The van der Waals surface area contributed by atoms with Gasteiger partial charge >= 0.3 is 0 Å². The third-order valence-electron chi connectivity index (χ3n) is 2.06. The monoisotopic (exact) mass is 324 g/mol. The summed E-state index contributed by atoms with van der Waals surface area (Å²) < 4.78 is 0.468. The Balaban J connectivity index is 2.35. The van der Waals surface area contributed by atoms with E-state index >= 15 is 0 Å². The van der Waals surface area contributed by atoms with Crippen molar-refractivity contribution in [3.8, 4) is 6.07 Å². The molecule has 0 fully saturated rings. The minimum Gasteiger partial charge on any atom is -0.245 e. The van der Waals surface area contributed by atoms with Crippen molar-refractivity contribution in [3.05, 3.63) is 28.1 Å². The molecule has 0 unspecified atom stereocenters. The van der Waals surface area contributed by atoms with Crippen LogP contribution in [0.25, 0.3) is 0 Å². The highest BCUT2D eigenvalue weighted by molar-refractivity contribution is 9.10. The minimum absolute atomic E-state index is 0.383. The fourth-order valence-electron chi connectivity index (χ4n) is 1.28. The topological polar surface area (TPSA) is 79.4 Å². The van der Waals surface area contributed by atoms with Gasteiger partial charge in [-0.3, -0.25) is 0 Å². The molecule has 0 aliphatic heterocycles. The van der Waals surface area contributed by atoms with E-state index in [0.717, 1.165) is 5.56 Å². The van der Waals surface area contributed by atoms with Gasteiger partial charge in [-0.1, -0.05) is 0 Å². The lowest BCUT2D eigenvalue weighted by Crippen LogP contribution is -2.13. The predicted octanol–water partition coefficient (Wildman–Crippen LogP) is 2.21. The first kappa shape index (κ1) is 12.9. The number of hydrogen-bond acceptors (Lipinski definition) is 6. The van der Waals surface area contributed by atoms with Crippen molar-refractivity contribution in [1.82, 2.24) is 19.9 Å². The Morgan fingerprint density at radius 1 is 1.50 bits per heavy atom. The minimum atomic E-state index is 0.383. The molecule has 0 radical (unpaired) electrons. The Kier molecular flexibility index (Phi) is 3.84. The Morgan fingerprint density at radius 3 is 2.83 bits per heavy atom. The molecule has 2 aromatic heterocycles. The highest BCUT2D eigenvalue weighted by atomic mass is 79.9. The zero-order valence-corrected chi connectivity index (χ0v) is 12.1. The maximum absolute atomic E-state index is 9.00. The first-order valence-corrected chi connectivity index (χ1v) is 6.95. The number of hydrogen-bond donors (Lipinski definition) is 1. The molecule has 0 bridgehead atoms. The largest absolute Gasteiger partial charge is 0.245 e. The number of anilines is 1. The molecule has 92 valence electrons. The summed E-state index contributed by atoms with van der Waals surface area (Å²) in [5, 5.41) is 13.7. The summed E-state index contributed by atoms with van der Waals surface area (Å²) >= 11 is 4.65. The van der Waals surface area contributed by atoms with Crippen molar-refractivity contribution in [1.29, 1.82) is 5.26 Å². The van der Waals surface area contributed by atoms with Crippen LogP contribution in [0, 0.1) is 18.3 Å². The maximum Gasteiger partial charge on any atom is 0.245 e. The van der Waals surface area contributed by atoms with Gasteiger partial charge in [0.15, 0.2) is 0 Å². The summed E-state index contributed by atoms with van der Waals surface area (Å²) in [5.41, 5.74) is 4.39. The molecule has 0 saturated heterocycles. The van der Waals surface area contributed by atoms with Crippen LogP contribution in [0.2, 0.25) is 0 Å². The van der Waals surface area contributed by atoms with Gasteiger partial charge in [0.2, 0.25) is 5.95 Å². The van der Waals surface area contributed by atoms with Gasteiger partial charge in [0.1, 0.15) is 21.3 Å². The van der Waals surface area contributed by atoms with Crippen molar-refractivity contribution in [2.45, 2.75) is 11.9 Å². The number of nitriles is 1. The molecule has 0 atom stereocenters. The molecule has 2 rings (SSSR count). The standard InChI is InChI=1S/C10H9BrN6S/c1-6-4-13-17(5-6)16-10-14-8(11)7(3-12)9(15-10)18-2/h4-5H,1-2H3,(H,14,15,16). The second kappa shape index (κ2) is 5.37. The highest BCUT2D eigenvalue weighted by Gasteiger charge is 2.12. The van der Waals surface area contributed by atoms with Crippen molar-refractivity contribution >= 4 is 33.6 Å². The average molecular weight is 325 g/mol. The zero-order chi connectivity index (χ0) is 13.1. The van der Waals surface area contributed by atoms with E-state index in [2.05, 4.69) is 42.5 Å². The van der Waals surface area contributed by atoms with Crippen LogP contribution in [0.5, 0.6) is 0 Å². The second-order valence-corrected chi connectivity index (χ2v) is 4.95. The molecule has 2 heterocycles. The predicted molar refractivity (Wildman–Crippen MR) is 72.2 cm³/mol. The molecule has 2 aromatic rings. The van der Waals surface area contributed by atoms with E-state index < -0.39 is 0 Å². The van der Waals surface area contributed by atoms with Crippen molar-refractivity contribution in [2.24, 2.45) is 0 Å². The number of nitrogens with one attached hydrogen (secondary N) is 1. The average Bonchev–Trinajstić information content (AvgIpc) is 2.74. The molecule has 6 nitrogen and oxygen atoms in total. The Hall–Kier alpha value is -1.59. The Bertz CT molecular complexity index is 617. The van der Waals surface area contributed by atoms with Gasteiger partial charge in [-0.05, 0) is 34.7 Å². The molecule has 0 spiro atoms. The van der Waals surface area contributed by atoms with Crippen LogP contribution < -0.4 is 5.43 Å². The first-order valence-electron chi connectivity index (χ1n) is 4.94. The number of thioether (sulfide) groups is 1. The number of rotatable bonds is 3. The van der Waals surface area contributed by atoms with Gasteiger partial charge in [-0.2, -0.15) is 15.2 Å². The lowest BCUT2D eigenvalue weighted by Gasteiger charge is -2.07. The van der Waals surface area contributed by atoms with Crippen LogP contribution in [0.4, 0.5) is 5.95 Å². The summed E-state index contributed by atoms with van der Waals surface area (Å²) in [6.07, 6.45) is 5.40. The van der Waals surface area contributed by atoms with Crippen LogP contribution in [0.15, 0.2) is 22.0 Å². The maximum atomic E-state index is 9.00. The molecule has 1 N–H and O–H groups in total. The number of halogens is 1. The Labute approximate surface area is 117 Å². The van der Waals surface area contributed by atoms with Crippen LogP contribution in [0.3, 0.4) is 0 Å². The number of aryl methyl sites for hydroxylation is 1. The van der Waals surface area contributed by atoms with Crippen LogP contribution in [0.1, 0.15) is 11.1 Å². The molecule has 0 saturated carbocycles. The molecule has 0 aliphatic rings. The fourth-order valence-corrected chi connectivity index (χ4v) is 2.38. The second-order valence-electron chi connectivity index (χ2n) is 3.41. The molecule has 0 aromatic carbocycles. The summed E-state index contributed by atoms with van der Waals surface area (Å²) in [6.45, 7) is 1.94. The molecular weight excluding hydrogens is 316 g/mol. The summed E-state index contributed by atoms with van der Waals surface area (Å²) in [6, 6.07) is 2.07. The third kappa shape index (κ3) is 2.63. The molecule has 0 amide bonds. The lowest BCUT2D eigenvalue weighted by atomic mass is 10.4. The highest BCUT2D eigenvalue weighted by Crippen LogP contribution is 2.24. The summed E-state index contributed by atoms with van der Waals surface area (Å²) in [5.74, 6) is 0.383. The number of aromatic nitrogens is 4. The van der Waals surface area contributed by atoms with E-state index in [1.165, 1.54) is 16.6 Å². The summed E-state index contributed by atoms with van der Waals surface area (Å²) in [4.78, 5) is 9.93. The van der Waals surface area contributed by atoms with Gasteiger partial charge in [-0.15, -0.1) is 11.8 Å². The van der Waals surface area contributed by atoms with Gasteiger partial charge in [0.25, 0.3) is 0 Å². The summed E-state index contributed by atoms with van der Waals surface area (Å²) in [7, 11) is 0. The van der Waals surface area contributed by atoms with Crippen molar-refractivity contribution in [3.63, 3.8) is 0 Å². The van der Waals surface area contributed by atoms with Gasteiger partial charge in [0, 0.05) is 0 Å². The van der Waals surface area contributed by atoms with Crippen molar-refractivity contribution < 1.29 is 0 Å². The normalized spacial score (nSPS) is 10.1. The molecular formula is C10H9BrN6S. The fraction of sp³-hybridized carbons (Fsp3) is 0.200. The van der Waals surface area contributed by atoms with Gasteiger partial charge in [-0.25, -0.2) is 15.4 Å². The smallest absolute Gasteiger partial charge is 0.245 e. The SMILES string of the molecule is CSc1nc(Nn2cc(C)cn2)nc(Br)c1C#N. The molecule has 0 aliphatic carbocycles. The third-order valence-corrected chi connectivity index (χ3v) is 3.32. The molecule has 8 heteroatoms. The lowest BCUT2D eigenvalue weighted by molar-refractivity contribution is 0.778. The number of nitrogens with zero attached hydrogens (tertiary/aromatic N) is 5. The van der Waals surface area contributed by atoms with E-state index in [1.54, 1.807) is 6.20 Å². The van der Waals surface area contributed by atoms with E-state index in [-0.39, 0.29) is 0 Å². The van der Waals surface area contributed by atoms with Gasteiger partial charge in [0.05, 0.1) is 12.4 Å². The quantitative estimate of drug-likeness (QED) is 0.688. The molecule has 18 heavy (non-hydrogen) atoms. The van der Waals surface area contributed by atoms with Crippen LogP contribution in [-0.4, -0.2) is 26.1 Å². The Morgan fingerprint density at radius 2 is 2.28 bits per heavy atom. The van der Waals surface area contributed by atoms with E-state index in [9.17, 15) is 0 Å². The van der Waals surface area contributed by atoms with Gasteiger partial charge < -0.3 is 0 Å². The zero-order valence-electron chi connectivity index (χ0n) is 9.68. The van der Waals surface area contributed by atoms with E-state index in [0.29, 0.717) is 21.1 Å². The van der Waals surface area contributed by atoms with Crippen molar-refractivity contribution in [2.75, 3.05) is 11.7 Å². The van der Waals surface area contributed by atoms with Crippen LogP contribution in [-0.2, 0) is 0 Å². The van der Waals surface area contributed by atoms with E-state index in [4.69, 9.17) is 5.26 Å². The van der Waals surface area contributed by atoms with Crippen LogP contribution >= 0.6 is 27.7 Å². The first-order chi connectivity index (χ1) is 8.63. The van der Waals surface area contributed by atoms with E-state index in [1.807, 2.05) is 19.4 Å².